The summed E-state index contributed by atoms with van der Waals surface area (Å²) in [4.78, 5) is 16.8. The van der Waals surface area contributed by atoms with E-state index in [1.807, 2.05) is 26.0 Å². The molecule has 27 heavy (non-hydrogen) atoms. The van der Waals surface area contributed by atoms with Crippen molar-refractivity contribution in [2.75, 3.05) is 0 Å². The summed E-state index contributed by atoms with van der Waals surface area (Å²) in [6, 6.07) is 11.8. The van der Waals surface area contributed by atoms with Crippen molar-refractivity contribution >= 4 is 40.0 Å². The van der Waals surface area contributed by atoms with Crippen LogP contribution in [0.5, 0.6) is 5.75 Å². The number of halogens is 2. The van der Waals surface area contributed by atoms with Gasteiger partial charge in [0, 0.05) is 33.6 Å². The molecule has 0 aliphatic heterocycles. The minimum Gasteiger partial charge on any atom is -0.505 e. The van der Waals surface area contributed by atoms with Gasteiger partial charge in [-0.1, -0.05) is 61.3 Å². The maximum atomic E-state index is 12.5. The van der Waals surface area contributed by atoms with Gasteiger partial charge in [-0.2, -0.15) is 0 Å². The molecule has 0 spiro atoms. The molecule has 4 nitrogen and oxygen atoms in total. The fraction of sp³-hybridized carbons (Fsp3) is 0.238. The number of nitrogens with zero attached hydrogens (tertiary/aromatic N) is 1. The number of rotatable bonds is 5. The van der Waals surface area contributed by atoms with Crippen LogP contribution in [0.15, 0.2) is 48.7 Å². The number of phenols is 1. The molecule has 0 saturated heterocycles. The van der Waals surface area contributed by atoms with Gasteiger partial charge in [-0.25, -0.2) is 0 Å². The molecule has 1 heterocycles. The monoisotopic (exact) mass is 402 g/mol. The van der Waals surface area contributed by atoms with Gasteiger partial charge in [-0.05, 0) is 29.7 Å². The summed E-state index contributed by atoms with van der Waals surface area (Å²) >= 11 is 12.4. The molecule has 0 radical (unpaired) electrons. The minimum absolute atomic E-state index is 0.0222. The van der Waals surface area contributed by atoms with Gasteiger partial charge in [0.15, 0.2) is 0 Å². The Balaban J connectivity index is 2.12. The molecule has 2 N–H and O–H groups in total. The minimum atomic E-state index is -0.618. The molecule has 140 valence electrons. The van der Waals surface area contributed by atoms with Crippen LogP contribution in [0, 0.1) is 5.92 Å². The molecule has 0 aliphatic rings. The number of amides is 1. The molecule has 0 unspecified atom stereocenters. The standard InChI is InChI=1S/C21H20Cl2N2O2/c1-12(2)10-18(26)25-20(15-8-6-14(22)11-17(15)23)16-7-5-13-4-3-9-24-19(13)21(16)27/h3-9,11-12,20,27H,10H2,1-2H3,(H,25,26)/t20-/m1/s1. The number of pyridine rings is 1. The van der Waals surface area contributed by atoms with E-state index in [-0.39, 0.29) is 17.6 Å². The fourth-order valence-corrected chi connectivity index (χ4v) is 3.55. The highest BCUT2D eigenvalue weighted by Gasteiger charge is 2.24. The number of phenolic OH excluding ortho intramolecular Hbond substituents is 1. The molecule has 0 aliphatic carbocycles. The van der Waals surface area contributed by atoms with Crippen LogP contribution in [0.4, 0.5) is 0 Å². The van der Waals surface area contributed by atoms with Crippen LogP contribution < -0.4 is 5.32 Å². The number of aromatic nitrogens is 1. The topological polar surface area (TPSA) is 62.2 Å². The number of fused-ring (bicyclic) bond motifs is 1. The summed E-state index contributed by atoms with van der Waals surface area (Å²) in [5, 5.41) is 15.6. The van der Waals surface area contributed by atoms with Crippen LogP contribution in [-0.2, 0) is 4.79 Å². The summed E-state index contributed by atoms with van der Waals surface area (Å²) < 4.78 is 0. The second kappa shape index (κ2) is 8.15. The second-order valence-electron chi connectivity index (χ2n) is 6.84. The third-order valence-electron chi connectivity index (χ3n) is 4.26. The number of carbonyl (C=O) groups excluding carboxylic acids is 1. The van der Waals surface area contributed by atoms with E-state index in [1.165, 1.54) is 0 Å². The van der Waals surface area contributed by atoms with Gasteiger partial charge < -0.3 is 10.4 Å². The molecular formula is C21H20Cl2N2O2. The van der Waals surface area contributed by atoms with E-state index in [0.29, 0.717) is 33.1 Å². The lowest BCUT2D eigenvalue weighted by Crippen LogP contribution is -2.30. The molecule has 1 amide bonds. The third-order valence-corrected chi connectivity index (χ3v) is 4.83. The summed E-state index contributed by atoms with van der Waals surface area (Å²) in [5.74, 6) is 0.105. The van der Waals surface area contributed by atoms with Crippen LogP contribution in [0.25, 0.3) is 10.9 Å². The quantitative estimate of drug-likeness (QED) is 0.592. The Morgan fingerprint density at radius 1 is 1.15 bits per heavy atom. The highest BCUT2D eigenvalue weighted by atomic mass is 35.5. The molecule has 1 atom stereocenters. The molecule has 0 bridgehead atoms. The zero-order valence-electron chi connectivity index (χ0n) is 15.0. The Labute approximate surface area is 168 Å². The molecule has 6 heteroatoms. The van der Waals surface area contributed by atoms with Crippen LogP contribution in [0.1, 0.15) is 37.4 Å². The second-order valence-corrected chi connectivity index (χ2v) is 7.69. The van der Waals surface area contributed by atoms with Crippen molar-refractivity contribution < 1.29 is 9.90 Å². The number of nitrogens with one attached hydrogen (secondary N) is 1. The van der Waals surface area contributed by atoms with Crippen LogP contribution in [-0.4, -0.2) is 16.0 Å². The lowest BCUT2D eigenvalue weighted by molar-refractivity contribution is -0.122. The average molecular weight is 403 g/mol. The average Bonchev–Trinajstić information content (AvgIpc) is 2.60. The Hall–Kier alpha value is -2.30. The number of aromatic hydroxyl groups is 1. The van der Waals surface area contributed by atoms with Crippen molar-refractivity contribution in [3.8, 4) is 5.75 Å². The van der Waals surface area contributed by atoms with Crippen LogP contribution in [0.2, 0.25) is 10.0 Å². The largest absolute Gasteiger partial charge is 0.505 e. The Morgan fingerprint density at radius 2 is 1.89 bits per heavy atom. The zero-order chi connectivity index (χ0) is 19.6. The van der Waals surface area contributed by atoms with Crippen molar-refractivity contribution in [1.29, 1.82) is 0 Å². The zero-order valence-corrected chi connectivity index (χ0v) is 16.6. The van der Waals surface area contributed by atoms with Gasteiger partial charge in [0.25, 0.3) is 0 Å². The molecule has 0 fully saturated rings. The van der Waals surface area contributed by atoms with Gasteiger partial charge in [-0.15, -0.1) is 0 Å². The van der Waals surface area contributed by atoms with Gasteiger partial charge >= 0.3 is 0 Å². The first-order chi connectivity index (χ1) is 12.9. The number of carbonyl (C=O) groups is 1. The molecule has 1 aromatic heterocycles. The van der Waals surface area contributed by atoms with Gasteiger partial charge in [0.2, 0.25) is 5.91 Å². The fourth-order valence-electron chi connectivity index (χ4n) is 3.03. The van der Waals surface area contributed by atoms with Gasteiger partial charge in [-0.3, -0.25) is 9.78 Å². The van der Waals surface area contributed by atoms with E-state index in [2.05, 4.69) is 10.3 Å². The Bertz CT molecular complexity index is 989. The SMILES string of the molecule is CC(C)CC(=O)N[C@H](c1ccc(Cl)cc1Cl)c1ccc2cccnc2c1O. The van der Waals surface area contributed by atoms with E-state index >= 15 is 0 Å². The smallest absolute Gasteiger partial charge is 0.221 e. The highest BCUT2D eigenvalue weighted by molar-refractivity contribution is 6.35. The van der Waals surface area contributed by atoms with E-state index < -0.39 is 6.04 Å². The van der Waals surface area contributed by atoms with E-state index in [1.54, 1.807) is 36.5 Å². The van der Waals surface area contributed by atoms with E-state index in [9.17, 15) is 9.90 Å². The number of hydrogen-bond donors (Lipinski definition) is 2. The predicted molar refractivity (Wildman–Crippen MR) is 109 cm³/mol. The summed E-state index contributed by atoms with van der Waals surface area (Å²) in [5.41, 5.74) is 1.66. The van der Waals surface area contributed by atoms with Crippen LogP contribution >= 0.6 is 23.2 Å². The van der Waals surface area contributed by atoms with Gasteiger partial charge in [0.1, 0.15) is 11.3 Å². The van der Waals surface area contributed by atoms with E-state index in [0.717, 1.165) is 5.39 Å². The van der Waals surface area contributed by atoms with Crippen molar-refractivity contribution in [2.24, 2.45) is 5.92 Å². The first-order valence-electron chi connectivity index (χ1n) is 8.67. The third kappa shape index (κ3) is 4.34. The number of hydrogen-bond acceptors (Lipinski definition) is 3. The van der Waals surface area contributed by atoms with Crippen molar-refractivity contribution in [3.63, 3.8) is 0 Å². The lowest BCUT2D eigenvalue weighted by atomic mass is 9.95. The van der Waals surface area contributed by atoms with Crippen LogP contribution in [0.3, 0.4) is 0 Å². The van der Waals surface area contributed by atoms with Crippen molar-refractivity contribution in [3.05, 3.63) is 69.8 Å². The van der Waals surface area contributed by atoms with Crippen molar-refractivity contribution in [1.82, 2.24) is 10.3 Å². The number of benzene rings is 2. The highest BCUT2D eigenvalue weighted by Crippen LogP contribution is 2.37. The molecule has 0 saturated carbocycles. The lowest BCUT2D eigenvalue weighted by Gasteiger charge is -2.23. The molecule has 3 rings (SSSR count). The summed E-state index contributed by atoms with van der Waals surface area (Å²) in [6.07, 6.45) is 1.99. The normalized spacial score (nSPS) is 12.3. The predicted octanol–water partition coefficient (Wildman–Crippen LogP) is 5.50. The maximum absolute atomic E-state index is 12.5. The van der Waals surface area contributed by atoms with Gasteiger partial charge in [0.05, 0.1) is 6.04 Å². The first kappa shape index (κ1) is 19.5. The first-order valence-corrected chi connectivity index (χ1v) is 9.43. The van der Waals surface area contributed by atoms with Crippen molar-refractivity contribution in [2.45, 2.75) is 26.3 Å². The molecule has 2 aromatic carbocycles. The Morgan fingerprint density at radius 3 is 2.59 bits per heavy atom. The molecular weight excluding hydrogens is 383 g/mol. The molecule has 3 aromatic rings. The van der Waals surface area contributed by atoms with E-state index in [4.69, 9.17) is 23.2 Å². The maximum Gasteiger partial charge on any atom is 0.221 e. The summed E-state index contributed by atoms with van der Waals surface area (Å²) in [6.45, 7) is 3.95. The Kier molecular flexibility index (Phi) is 5.88. The summed E-state index contributed by atoms with van der Waals surface area (Å²) in [7, 11) is 0.